The van der Waals surface area contributed by atoms with Gasteiger partial charge in [-0.1, -0.05) is 30.3 Å². The number of piperazine rings is 1. The normalized spacial score (nSPS) is 24.0. The van der Waals surface area contributed by atoms with Crippen molar-refractivity contribution in [1.29, 1.82) is 0 Å². The van der Waals surface area contributed by atoms with Crippen LogP contribution in [-0.2, 0) is 0 Å². The molecule has 2 unspecified atom stereocenters. The van der Waals surface area contributed by atoms with Crippen molar-refractivity contribution < 1.29 is 9.90 Å². The third kappa shape index (κ3) is 4.11. The van der Waals surface area contributed by atoms with E-state index in [1.54, 1.807) is 0 Å². The van der Waals surface area contributed by atoms with Gasteiger partial charge in [0.2, 0.25) is 0 Å². The summed E-state index contributed by atoms with van der Waals surface area (Å²) >= 11 is 0. The fourth-order valence-corrected chi connectivity index (χ4v) is 4.24. The van der Waals surface area contributed by atoms with Crippen LogP contribution in [0.2, 0.25) is 0 Å². The minimum absolute atomic E-state index is 0.0333. The van der Waals surface area contributed by atoms with E-state index in [1.165, 1.54) is 0 Å². The second-order valence-electron chi connectivity index (χ2n) is 8.05. The molecule has 2 atom stereocenters. The van der Waals surface area contributed by atoms with Crippen LogP contribution < -0.4 is 0 Å². The number of hydrogen-bond acceptors (Lipinski definition) is 5. The average molecular weight is 383 g/mol. The molecule has 7 nitrogen and oxygen atoms in total. The van der Waals surface area contributed by atoms with Crippen molar-refractivity contribution in [1.82, 2.24) is 24.9 Å². The van der Waals surface area contributed by atoms with Crippen LogP contribution in [0.4, 0.5) is 0 Å². The number of likely N-dealkylation sites (tertiary alicyclic amines) is 1. The van der Waals surface area contributed by atoms with Gasteiger partial charge in [-0.15, -0.1) is 0 Å². The van der Waals surface area contributed by atoms with E-state index in [-0.39, 0.29) is 18.4 Å². The van der Waals surface area contributed by atoms with Gasteiger partial charge in [-0.2, -0.15) is 5.10 Å². The topological polar surface area (TPSA) is 75.7 Å². The van der Waals surface area contributed by atoms with Crippen LogP contribution >= 0.6 is 0 Å². The number of aromatic amines is 1. The predicted octanol–water partition coefficient (Wildman–Crippen LogP) is 1.00. The molecule has 28 heavy (non-hydrogen) atoms. The maximum Gasteiger partial charge on any atom is 0.271 e. The number of aliphatic hydroxyl groups is 1. The Morgan fingerprint density at radius 1 is 1.14 bits per heavy atom. The van der Waals surface area contributed by atoms with Crippen LogP contribution in [0, 0.1) is 11.8 Å². The summed E-state index contributed by atoms with van der Waals surface area (Å²) in [4.78, 5) is 19.7. The van der Waals surface area contributed by atoms with Crippen LogP contribution in [0.25, 0.3) is 11.3 Å². The number of carbonyl (C=O) groups is 1. The van der Waals surface area contributed by atoms with Gasteiger partial charge in [-0.3, -0.25) is 9.89 Å². The lowest BCUT2D eigenvalue weighted by Gasteiger charge is -2.34. The molecule has 1 aromatic carbocycles. The van der Waals surface area contributed by atoms with Gasteiger partial charge in [0.1, 0.15) is 5.69 Å². The lowest BCUT2D eigenvalue weighted by atomic mass is 9.96. The number of aromatic nitrogens is 2. The monoisotopic (exact) mass is 383 g/mol. The lowest BCUT2D eigenvalue weighted by molar-refractivity contribution is 0.0771. The van der Waals surface area contributed by atoms with Crippen LogP contribution in [-0.4, -0.2) is 95.4 Å². The van der Waals surface area contributed by atoms with Gasteiger partial charge in [0.25, 0.3) is 5.91 Å². The molecule has 2 N–H and O–H groups in total. The first-order valence-electron chi connectivity index (χ1n) is 10.1. The minimum Gasteiger partial charge on any atom is -0.396 e. The fourth-order valence-electron chi connectivity index (χ4n) is 4.24. The van der Waals surface area contributed by atoms with E-state index in [0.29, 0.717) is 24.7 Å². The van der Waals surface area contributed by atoms with Gasteiger partial charge < -0.3 is 19.8 Å². The number of aliphatic hydroxyl groups excluding tert-OH is 1. The third-order valence-corrected chi connectivity index (χ3v) is 6.06. The summed E-state index contributed by atoms with van der Waals surface area (Å²) in [7, 11) is 2.15. The van der Waals surface area contributed by atoms with Crippen molar-refractivity contribution in [3.05, 3.63) is 42.1 Å². The van der Waals surface area contributed by atoms with E-state index in [1.807, 2.05) is 41.3 Å². The first-order chi connectivity index (χ1) is 13.6. The number of likely N-dealkylation sites (N-methyl/N-ethyl adjacent to an activating group) is 1. The summed E-state index contributed by atoms with van der Waals surface area (Å²) in [5.41, 5.74) is 2.27. The summed E-state index contributed by atoms with van der Waals surface area (Å²) in [5, 5.41) is 17.0. The highest BCUT2D eigenvalue weighted by molar-refractivity contribution is 5.93. The maximum atomic E-state index is 13.0. The number of H-pyrrole nitrogens is 1. The molecular weight excluding hydrogens is 354 g/mol. The molecule has 0 saturated carbocycles. The van der Waals surface area contributed by atoms with E-state index in [4.69, 9.17) is 0 Å². The highest BCUT2D eigenvalue weighted by Gasteiger charge is 2.36. The Labute approximate surface area is 165 Å². The molecule has 7 heteroatoms. The van der Waals surface area contributed by atoms with Gasteiger partial charge in [0, 0.05) is 63.9 Å². The molecule has 0 spiro atoms. The molecule has 0 bridgehead atoms. The number of nitrogens with zero attached hydrogens (tertiary/aromatic N) is 4. The van der Waals surface area contributed by atoms with Crippen molar-refractivity contribution in [2.24, 2.45) is 11.8 Å². The lowest BCUT2D eigenvalue weighted by Crippen LogP contribution is -2.47. The Balaban J connectivity index is 1.40. The molecule has 2 aliphatic heterocycles. The number of nitrogens with one attached hydrogen (secondary N) is 1. The fraction of sp³-hybridized carbons (Fsp3) is 0.524. The Morgan fingerprint density at radius 2 is 1.86 bits per heavy atom. The van der Waals surface area contributed by atoms with Crippen molar-refractivity contribution >= 4 is 5.91 Å². The average Bonchev–Trinajstić information content (AvgIpc) is 3.37. The molecule has 3 heterocycles. The van der Waals surface area contributed by atoms with Crippen LogP contribution in [0.5, 0.6) is 0 Å². The highest BCUT2D eigenvalue weighted by Crippen LogP contribution is 2.26. The van der Waals surface area contributed by atoms with E-state index in [2.05, 4.69) is 27.0 Å². The van der Waals surface area contributed by atoms with Gasteiger partial charge in [-0.05, 0) is 19.0 Å². The second kappa shape index (κ2) is 8.43. The first-order valence-corrected chi connectivity index (χ1v) is 10.1. The Morgan fingerprint density at radius 3 is 2.57 bits per heavy atom. The Kier molecular flexibility index (Phi) is 5.75. The van der Waals surface area contributed by atoms with Crippen molar-refractivity contribution in [3.63, 3.8) is 0 Å². The van der Waals surface area contributed by atoms with Crippen molar-refractivity contribution in [2.45, 2.75) is 0 Å². The number of benzene rings is 1. The highest BCUT2D eigenvalue weighted by atomic mass is 16.3. The van der Waals surface area contributed by atoms with Crippen LogP contribution in [0.15, 0.2) is 36.4 Å². The van der Waals surface area contributed by atoms with Gasteiger partial charge in [0.15, 0.2) is 0 Å². The molecule has 0 aliphatic carbocycles. The van der Waals surface area contributed by atoms with Crippen LogP contribution in [0.1, 0.15) is 10.5 Å². The number of carbonyl (C=O) groups excluding carboxylic acids is 1. The standard InChI is InChI=1S/C21H29N5O2/c1-24-7-9-25(10-8-24)12-17-13-26(14-18(17)15-27)21(28)20-11-19(22-23-20)16-5-3-2-4-6-16/h2-6,11,17-18,27H,7-10,12-15H2,1H3,(H,22,23). The van der Waals surface area contributed by atoms with Gasteiger partial charge in [0.05, 0.1) is 5.69 Å². The number of rotatable bonds is 5. The second-order valence-corrected chi connectivity index (χ2v) is 8.05. The van der Waals surface area contributed by atoms with E-state index >= 15 is 0 Å². The molecule has 150 valence electrons. The first kappa shape index (κ1) is 19.1. The summed E-state index contributed by atoms with van der Waals surface area (Å²) in [6.07, 6.45) is 0. The van der Waals surface area contributed by atoms with E-state index in [0.717, 1.165) is 44.0 Å². The zero-order chi connectivity index (χ0) is 19.5. The molecule has 2 aromatic rings. The molecule has 4 rings (SSSR count). The van der Waals surface area contributed by atoms with Gasteiger partial charge in [-0.25, -0.2) is 0 Å². The molecular formula is C21H29N5O2. The molecule has 1 aromatic heterocycles. The molecule has 2 aliphatic rings. The quantitative estimate of drug-likeness (QED) is 0.806. The zero-order valence-corrected chi connectivity index (χ0v) is 16.4. The minimum atomic E-state index is -0.0333. The smallest absolute Gasteiger partial charge is 0.271 e. The largest absolute Gasteiger partial charge is 0.396 e. The van der Waals surface area contributed by atoms with E-state index in [9.17, 15) is 9.90 Å². The predicted molar refractivity (Wildman–Crippen MR) is 108 cm³/mol. The Bertz CT molecular complexity index is 785. The Hall–Kier alpha value is -2.22. The number of amides is 1. The SMILES string of the molecule is CN1CCN(CC2CN(C(=O)c3cc(-c4ccccc4)n[nH]3)CC2CO)CC1. The number of hydrogen-bond donors (Lipinski definition) is 2. The zero-order valence-electron chi connectivity index (χ0n) is 16.4. The summed E-state index contributed by atoms with van der Waals surface area (Å²) in [5.74, 6) is 0.419. The van der Waals surface area contributed by atoms with Crippen molar-refractivity contribution in [3.8, 4) is 11.3 Å². The summed E-state index contributed by atoms with van der Waals surface area (Å²) < 4.78 is 0. The molecule has 0 radical (unpaired) electrons. The van der Waals surface area contributed by atoms with Crippen LogP contribution in [0.3, 0.4) is 0 Å². The molecule has 1 amide bonds. The molecule has 2 saturated heterocycles. The summed E-state index contributed by atoms with van der Waals surface area (Å²) in [6, 6.07) is 11.7. The third-order valence-electron chi connectivity index (χ3n) is 6.06. The maximum absolute atomic E-state index is 13.0. The van der Waals surface area contributed by atoms with E-state index < -0.39 is 0 Å². The van der Waals surface area contributed by atoms with Gasteiger partial charge >= 0.3 is 0 Å². The van der Waals surface area contributed by atoms with Crippen molar-refractivity contribution in [2.75, 3.05) is 59.5 Å². The molecule has 2 fully saturated rings. The summed E-state index contributed by atoms with van der Waals surface area (Å²) in [6.45, 7) is 6.64.